The third-order valence-corrected chi connectivity index (χ3v) is 4.88. The quantitative estimate of drug-likeness (QED) is 0.668. The Hall–Kier alpha value is -0.0800. The van der Waals surface area contributed by atoms with E-state index in [-0.39, 0.29) is 0 Å². The zero-order valence-corrected chi connectivity index (χ0v) is 14.0. The molecule has 114 valence electrons. The summed E-state index contributed by atoms with van der Waals surface area (Å²) in [5, 5.41) is 3.49. The average Bonchev–Trinajstić information content (AvgIpc) is 2.34. The van der Waals surface area contributed by atoms with Crippen LogP contribution in [0.4, 0.5) is 0 Å². The van der Waals surface area contributed by atoms with Crippen molar-refractivity contribution in [2.45, 2.75) is 84.7 Å². The Labute approximate surface area is 121 Å². The highest BCUT2D eigenvalue weighted by molar-refractivity contribution is 4.82. The first kappa shape index (κ1) is 17.0. The third kappa shape index (κ3) is 6.76. The van der Waals surface area contributed by atoms with Crippen LogP contribution in [-0.4, -0.2) is 37.1 Å². The molecule has 1 atom stereocenters. The minimum atomic E-state index is 0.596. The van der Waals surface area contributed by atoms with Crippen LogP contribution in [0.5, 0.6) is 0 Å². The van der Waals surface area contributed by atoms with Gasteiger partial charge in [-0.25, -0.2) is 0 Å². The Kier molecular flexibility index (Phi) is 7.38. The van der Waals surface area contributed by atoms with Crippen molar-refractivity contribution in [2.24, 2.45) is 5.41 Å². The van der Waals surface area contributed by atoms with Crippen LogP contribution in [0, 0.1) is 5.41 Å². The maximum absolute atomic E-state index is 3.49. The van der Waals surface area contributed by atoms with Gasteiger partial charge in [0.15, 0.2) is 0 Å². The molecule has 1 unspecified atom stereocenters. The topological polar surface area (TPSA) is 15.3 Å². The largest absolute Gasteiger partial charge is 0.315 e. The molecule has 0 heterocycles. The number of rotatable bonds is 8. The molecule has 19 heavy (non-hydrogen) atoms. The van der Waals surface area contributed by atoms with Crippen LogP contribution in [-0.2, 0) is 0 Å². The van der Waals surface area contributed by atoms with E-state index in [9.17, 15) is 0 Å². The Balaban J connectivity index is 2.10. The Bertz CT molecular complexity index is 227. The molecular formula is C17H36N2. The van der Waals surface area contributed by atoms with Crippen LogP contribution < -0.4 is 5.32 Å². The molecule has 1 N–H and O–H groups in total. The van der Waals surface area contributed by atoms with Gasteiger partial charge in [-0.1, -0.05) is 27.2 Å². The van der Waals surface area contributed by atoms with E-state index in [4.69, 9.17) is 0 Å². The van der Waals surface area contributed by atoms with Crippen molar-refractivity contribution >= 4 is 0 Å². The maximum atomic E-state index is 3.49. The van der Waals surface area contributed by atoms with Gasteiger partial charge >= 0.3 is 0 Å². The van der Waals surface area contributed by atoms with Gasteiger partial charge in [0.2, 0.25) is 0 Å². The predicted molar refractivity (Wildman–Crippen MR) is 85.7 cm³/mol. The Morgan fingerprint density at radius 3 is 2.42 bits per heavy atom. The lowest BCUT2D eigenvalue weighted by molar-refractivity contribution is 0.126. The zero-order chi connectivity index (χ0) is 14.3. The lowest BCUT2D eigenvalue weighted by Gasteiger charge is -2.38. The van der Waals surface area contributed by atoms with Gasteiger partial charge in [-0.3, -0.25) is 0 Å². The molecule has 0 amide bonds. The molecule has 2 nitrogen and oxygen atoms in total. The third-order valence-electron chi connectivity index (χ3n) is 4.88. The fourth-order valence-corrected chi connectivity index (χ4v) is 3.27. The molecule has 1 aliphatic carbocycles. The van der Waals surface area contributed by atoms with Gasteiger partial charge < -0.3 is 10.2 Å². The molecule has 0 spiro atoms. The van der Waals surface area contributed by atoms with E-state index < -0.39 is 0 Å². The van der Waals surface area contributed by atoms with Gasteiger partial charge in [-0.2, -0.15) is 0 Å². The summed E-state index contributed by atoms with van der Waals surface area (Å²) in [4.78, 5) is 2.62. The van der Waals surface area contributed by atoms with Crippen molar-refractivity contribution in [1.29, 1.82) is 0 Å². The fraction of sp³-hybridized carbons (Fsp3) is 1.00. The van der Waals surface area contributed by atoms with Crippen molar-refractivity contribution in [3.05, 3.63) is 0 Å². The monoisotopic (exact) mass is 268 g/mol. The number of hydrogen-bond donors (Lipinski definition) is 1. The number of hydrogen-bond acceptors (Lipinski definition) is 2. The lowest BCUT2D eigenvalue weighted by Crippen LogP contribution is -2.37. The molecule has 2 heteroatoms. The normalized spacial score (nSPS) is 21.8. The fourth-order valence-electron chi connectivity index (χ4n) is 3.27. The Morgan fingerprint density at radius 1 is 1.21 bits per heavy atom. The second-order valence-electron chi connectivity index (χ2n) is 7.33. The number of nitrogens with one attached hydrogen (secondary N) is 1. The molecule has 1 rings (SSSR count). The van der Waals surface area contributed by atoms with Crippen LogP contribution in [0.25, 0.3) is 0 Å². The van der Waals surface area contributed by atoms with E-state index in [0.717, 1.165) is 12.6 Å². The summed E-state index contributed by atoms with van der Waals surface area (Å²) in [5.74, 6) is 0. The molecule has 1 fully saturated rings. The molecule has 0 aliphatic heterocycles. The van der Waals surface area contributed by atoms with Gasteiger partial charge in [0.1, 0.15) is 0 Å². The molecule has 1 saturated carbocycles. The SMILES string of the molecule is CCNC(C)CCCCN(C)C1CCC(C)(C)CC1. The average molecular weight is 268 g/mol. The van der Waals surface area contributed by atoms with E-state index in [1.54, 1.807) is 0 Å². The van der Waals surface area contributed by atoms with Crippen LogP contribution in [0.3, 0.4) is 0 Å². The van der Waals surface area contributed by atoms with Crippen LogP contribution in [0.2, 0.25) is 0 Å². The molecular weight excluding hydrogens is 232 g/mol. The van der Waals surface area contributed by atoms with E-state index in [0.29, 0.717) is 11.5 Å². The van der Waals surface area contributed by atoms with E-state index >= 15 is 0 Å². The van der Waals surface area contributed by atoms with Crippen molar-refractivity contribution in [1.82, 2.24) is 10.2 Å². The second-order valence-corrected chi connectivity index (χ2v) is 7.33. The van der Waals surface area contributed by atoms with Gasteiger partial charge in [0.25, 0.3) is 0 Å². The number of unbranched alkanes of at least 4 members (excludes halogenated alkanes) is 1. The van der Waals surface area contributed by atoms with E-state index in [2.05, 4.69) is 45.0 Å². The summed E-state index contributed by atoms with van der Waals surface area (Å²) in [6.07, 6.45) is 9.63. The highest BCUT2D eigenvalue weighted by Crippen LogP contribution is 2.36. The van der Waals surface area contributed by atoms with Crippen LogP contribution in [0.1, 0.15) is 72.6 Å². The number of nitrogens with zero attached hydrogens (tertiary/aromatic N) is 1. The smallest absolute Gasteiger partial charge is 0.00926 e. The minimum absolute atomic E-state index is 0.596. The highest BCUT2D eigenvalue weighted by atomic mass is 15.1. The molecule has 0 radical (unpaired) electrons. The molecule has 0 saturated heterocycles. The molecule has 0 aromatic carbocycles. The molecule has 1 aliphatic rings. The van der Waals surface area contributed by atoms with Gasteiger partial charge in [-0.15, -0.1) is 0 Å². The van der Waals surface area contributed by atoms with E-state index in [1.807, 2.05) is 0 Å². The lowest BCUT2D eigenvalue weighted by atomic mass is 9.75. The summed E-state index contributed by atoms with van der Waals surface area (Å²) in [6.45, 7) is 11.7. The first-order chi connectivity index (χ1) is 8.94. The maximum Gasteiger partial charge on any atom is 0.00926 e. The summed E-state index contributed by atoms with van der Waals surface area (Å²) >= 11 is 0. The van der Waals surface area contributed by atoms with Crippen molar-refractivity contribution in [3.8, 4) is 0 Å². The molecule has 0 aromatic rings. The Morgan fingerprint density at radius 2 is 1.84 bits per heavy atom. The van der Waals surface area contributed by atoms with Gasteiger partial charge in [-0.05, 0) is 71.0 Å². The van der Waals surface area contributed by atoms with Crippen LogP contribution in [0.15, 0.2) is 0 Å². The highest BCUT2D eigenvalue weighted by Gasteiger charge is 2.28. The summed E-state index contributed by atoms with van der Waals surface area (Å²) in [5.41, 5.74) is 0.596. The van der Waals surface area contributed by atoms with Gasteiger partial charge in [0.05, 0.1) is 0 Å². The van der Waals surface area contributed by atoms with Crippen molar-refractivity contribution in [3.63, 3.8) is 0 Å². The standard InChI is InChI=1S/C17H36N2/c1-6-18-15(2)9-7-8-14-19(5)16-10-12-17(3,4)13-11-16/h15-16,18H,6-14H2,1-5H3. The van der Waals surface area contributed by atoms with Crippen molar-refractivity contribution < 1.29 is 0 Å². The zero-order valence-electron chi connectivity index (χ0n) is 14.0. The predicted octanol–water partition coefficient (Wildman–Crippen LogP) is 4.06. The van der Waals surface area contributed by atoms with E-state index in [1.165, 1.54) is 51.5 Å². The summed E-state index contributed by atoms with van der Waals surface area (Å²) < 4.78 is 0. The molecule has 0 aromatic heterocycles. The van der Waals surface area contributed by atoms with Crippen LogP contribution >= 0.6 is 0 Å². The summed E-state index contributed by atoms with van der Waals surface area (Å²) in [6, 6.07) is 1.53. The minimum Gasteiger partial charge on any atom is -0.315 e. The second kappa shape index (κ2) is 8.26. The van der Waals surface area contributed by atoms with Gasteiger partial charge in [0, 0.05) is 12.1 Å². The first-order valence-electron chi connectivity index (χ1n) is 8.38. The molecule has 0 bridgehead atoms. The summed E-state index contributed by atoms with van der Waals surface area (Å²) in [7, 11) is 2.33. The van der Waals surface area contributed by atoms with Crippen molar-refractivity contribution in [2.75, 3.05) is 20.1 Å². The first-order valence-corrected chi connectivity index (χ1v) is 8.38.